The van der Waals surface area contributed by atoms with Gasteiger partial charge in [-0.2, -0.15) is 0 Å². The molecule has 2 N–H and O–H groups in total. The number of methoxy groups -OCH3 is 1. The second-order valence-corrected chi connectivity index (χ2v) is 4.78. The van der Waals surface area contributed by atoms with Gasteiger partial charge in [0.15, 0.2) is 0 Å². The molecule has 0 aromatic rings. The van der Waals surface area contributed by atoms with Gasteiger partial charge >= 0.3 is 0 Å². The average Bonchev–Trinajstić information content (AvgIpc) is 2.30. The number of nitrogens with two attached hydrogens (primary N) is 1. The Kier molecular flexibility index (Phi) is 5.03. The topological polar surface area (TPSA) is 38.5 Å². The van der Waals surface area contributed by atoms with Crippen LogP contribution in [0.3, 0.4) is 0 Å². The number of hydrogen-bond acceptors (Lipinski definition) is 3. The Balaban J connectivity index is 2.34. The first kappa shape index (κ1) is 12.9. The highest BCUT2D eigenvalue weighted by Gasteiger charge is 2.26. The van der Waals surface area contributed by atoms with E-state index in [4.69, 9.17) is 10.5 Å². The van der Waals surface area contributed by atoms with Gasteiger partial charge in [-0.25, -0.2) is 0 Å². The maximum atomic E-state index is 6.32. The minimum absolute atomic E-state index is 0.0138. The van der Waals surface area contributed by atoms with Crippen LogP contribution in [0.2, 0.25) is 0 Å². The summed E-state index contributed by atoms with van der Waals surface area (Å²) in [7, 11) is 1.81. The normalized spacial score (nSPS) is 20.8. The molecular formula is C12H26N2O. The van der Waals surface area contributed by atoms with Crippen LogP contribution in [-0.2, 0) is 4.74 Å². The zero-order valence-corrected chi connectivity index (χ0v) is 10.5. The Morgan fingerprint density at radius 2 is 1.80 bits per heavy atom. The van der Waals surface area contributed by atoms with E-state index in [9.17, 15) is 0 Å². The molecule has 0 spiro atoms. The molecule has 0 aliphatic carbocycles. The highest BCUT2D eigenvalue weighted by molar-refractivity contribution is 4.86. The van der Waals surface area contributed by atoms with Crippen LogP contribution in [0.5, 0.6) is 0 Å². The fourth-order valence-corrected chi connectivity index (χ4v) is 2.22. The van der Waals surface area contributed by atoms with Crippen molar-refractivity contribution in [1.82, 2.24) is 4.90 Å². The molecule has 15 heavy (non-hydrogen) atoms. The number of ether oxygens (including phenoxy) is 1. The monoisotopic (exact) mass is 214 g/mol. The average molecular weight is 214 g/mol. The standard InChI is InChI=1S/C12H26N2O/c1-4-12(13,5-2)10-14-8-6-11(15-3)7-9-14/h11H,4-10,13H2,1-3H3. The van der Waals surface area contributed by atoms with Gasteiger partial charge in [-0.15, -0.1) is 0 Å². The molecule has 1 aliphatic heterocycles. The van der Waals surface area contributed by atoms with Crippen LogP contribution in [0.1, 0.15) is 39.5 Å². The molecule has 3 nitrogen and oxygen atoms in total. The molecule has 0 amide bonds. The first-order valence-corrected chi connectivity index (χ1v) is 6.17. The minimum atomic E-state index is 0.0138. The molecule has 3 heteroatoms. The second kappa shape index (κ2) is 5.83. The van der Waals surface area contributed by atoms with Crippen LogP contribution in [-0.4, -0.2) is 43.3 Å². The summed E-state index contributed by atoms with van der Waals surface area (Å²) < 4.78 is 5.36. The van der Waals surface area contributed by atoms with Crippen molar-refractivity contribution in [3.05, 3.63) is 0 Å². The Morgan fingerprint density at radius 1 is 1.27 bits per heavy atom. The summed E-state index contributed by atoms with van der Waals surface area (Å²) in [4.78, 5) is 2.49. The van der Waals surface area contributed by atoms with Crippen molar-refractivity contribution in [2.24, 2.45) is 5.73 Å². The first-order chi connectivity index (χ1) is 7.13. The lowest BCUT2D eigenvalue weighted by Crippen LogP contribution is -2.51. The van der Waals surface area contributed by atoms with Crippen LogP contribution < -0.4 is 5.73 Å². The first-order valence-electron chi connectivity index (χ1n) is 6.17. The van der Waals surface area contributed by atoms with Gasteiger partial charge < -0.3 is 15.4 Å². The molecule has 0 bridgehead atoms. The molecule has 0 saturated carbocycles. The highest BCUT2D eigenvalue weighted by atomic mass is 16.5. The van der Waals surface area contributed by atoms with Crippen molar-refractivity contribution in [3.63, 3.8) is 0 Å². The van der Waals surface area contributed by atoms with Gasteiger partial charge in [-0.05, 0) is 25.7 Å². The van der Waals surface area contributed by atoms with Crippen molar-refractivity contribution in [2.75, 3.05) is 26.7 Å². The summed E-state index contributed by atoms with van der Waals surface area (Å²) in [6.07, 6.45) is 4.90. The number of hydrogen-bond donors (Lipinski definition) is 1. The number of piperidine rings is 1. The van der Waals surface area contributed by atoms with E-state index in [-0.39, 0.29) is 5.54 Å². The van der Waals surface area contributed by atoms with Crippen molar-refractivity contribution < 1.29 is 4.74 Å². The van der Waals surface area contributed by atoms with E-state index in [0.29, 0.717) is 6.10 Å². The molecule has 90 valence electrons. The molecule has 1 fully saturated rings. The largest absolute Gasteiger partial charge is 0.381 e. The van der Waals surface area contributed by atoms with Gasteiger partial charge in [0.2, 0.25) is 0 Å². The van der Waals surface area contributed by atoms with Gasteiger partial charge in [0.1, 0.15) is 0 Å². The van der Waals surface area contributed by atoms with E-state index in [1.165, 1.54) is 0 Å². The summed E-state index contributed by atoms with van der Waals surface area (Å²) in [5.41, 5.74) is 6.34. The van der Waals surface area contributed by atoms with E-state index in [1.54, 1.807) is 0 Å². The summed E-state index contributed by atoms with van der Waals surface area (Å²) in [6, 6.07) is 0. The molecule has 0 aromatic carbocycles. The number of likely N-dealkylation sites (tertiary alicyclic amines) is 1. The molecule has 0 radical (unpaired) electrons. The SMILES string of the molecule is CCC(N)(CC)CN1CCC(OC)CC1. The fourth-order valence-electron chi connectivity index (χ4n) is 2.22. The molecule has 1 aliphatic rings. The summed E-state index contributed by atoms with van der Waals surface area (Å²) >= 11 is 0. The van der Waals surface area contributed by atoms with E-state index >= 15 is 0 Å². The van der Waals surface area contributed by atoms with E-state index in [0.717, 1.165) is 45.3 Å². The van der Waals surface area contributed by atoms with Crippen molar-refractivity contribution >= 4 is 0 Å². The van der Waals surface area contributed by atoms with Gasteiger partial charge in [0, 0.05) is 32.3 Å². The third-order valence-electron chi connectivity index (χ3n) is 3.81. The highest BCUT2D eigenvalue weighted by Crippen LogP contribution is 2.18. The molecule has 0 atom stereocenters. The van der Waals surface area contributed by atoms with Gasteiger partial charge in [-0.1, -0.05) is 13.8 Å². The Morgan fingerprint density at radius 3 is 2.20 bits per heavy atom. The third-order valence-corrected chi connectivity index (χ3v) is 3.81. The molecule has 1 rings (SSSR count). The number of nitrogens with zero attached hydrogens (tertiary/aromatic N) is 1. The maximum absolute atomic E-state index is 6.32. The van der Waals surface area contributed by atoms with E-state index in [1.807, 2.05) is 7.11 Å². The Hall–Kier alpha value is -0.120. The zero-order chi connectivity index (χ0) is 11.3. The van der Waals surface area contributed by atoms with Crippen LogP contribution in [0.25, 0.3) is 0 Å². The molecule has 0 aromatic heterocycles. The maximum Gasteiger partial charge on any atom is 0.0595 e. The van der Waals surface area contributed by atoms with Gasteiger partial charge in [0.05, 0.1) is 6.10 Å². The van der Waals surface area contributed by atoms with Gasteiger partial charge in [0.25, 0.3) is 0 Å². The molecular weight excluding hydrogens is 188 g/mol. The zero-order valence-electron chi connectivity index (χ0n) is 10.5. The van der Waals surface area contributed by atoms with E-state index in [2.05, 4.69) is 18.7 Å². The quantitative estimate of drug-likeness (QED) is 0.755. The molecule has 0 unspecified atom stereocenters. The van der Waals surface area contributed by atoms with Crippen molar-refractivity contribution in [3.8, 4) is 0 Å². The lowest BCUT2D eigenvalue weighted by molar-refractivity contribution is 0.0338. The molecule has 1 saturated heterocycles. The minimum Gasteiger partial charge on any atom is -0.381 e. The fraction of sp³-hybridized carbons (Fsp3) is 1.00. The Labute approximate surface area is 94.0 Å². The van der Waals surface area contributed by atoms with Gasteiger partial charge in [-0.3, -0.25) is 0 Å². The third kappa shape index (κ3) is 3.74. The second-order valence-electron chi connectivity index (χ2n) is 4.78. The van der Waals surface area contributed by atoms with E-state index < -0.39 is 0 Å². The predicted molar refractivity (Wildman–Crippen MR) is 64.0 cm³/mol. The summed E-state index contributed by atoms with van der Waals surface area (Å²) in [5.74, 6) is 0. The van der Waals surface area contributed by atoms with Crippen LogP contribution >= 0.6 is 0 Å². The Bertz CT molecular complexity index is 172. The van der Waals surface area contributed by atoms with Crippen molar-refractivity contribution in [2.45, 2.75) is 51.2 Å². The molecule has 1 heterocycles. The number of rotatable bonds is 5. The van der Waals surface area contributed by atoms with Crippen molar-refractivity contribution in [1.29, 1.82) is 0 Å². The summed E-state index contributed by atoms with van der Waals surface area (Å²) in [6.45, 7) is 7.68. The smallest absolute Gasteiger partial charge is 0.0595 e. The van der Waals surface area contributed by atoms with Crippen LogP contribution in [0, 0.1) is 0 Å². The lowest BCUT2D eigenvalue weighted by Gasteiger charge is -2.37. The summed E-state index contributed by atoms with van der Waals surface area (Å²) in [5, 5.41) is 0. The predicted octanol–water partition coefficient (Wildman–Crippen LogP) is 1.61. The van der Waals surface area contributed by atoms with Crippen LogP contribution in [0.15, 0.2) is 0 Å². The lowest BCUT2D eigenvalue weighted by atomic mass is 9.92. The van der Waals surface area contributed by atoms with Crippen LogP contribution in [0.4, 0.5) is 0 Å².